The third kappa shape index (κ3) is 1.50. The Morgan fingerprint density at radius 3 is 2.94 bits per heavy atom. The molecule has 0 amide bonds. The van der Waals surface area contributed by atoms with Gasteiger partial charge >= 0.3 is 0 Å². The van der Waals surface area contributed by atoms with Crippen molar-refractivity contribution >= 4 is 28.8 Å². The molecule has 0 aromatic carbocycles. The molecule has 0 atom stereocenters. The molecule has 0 saturated carbocycles. The highest BCUT2D eigenvalue weighted by molar-refractivity contribution is 6.10. The Bertz CT molecular complexity index is 748. The summed E-state index contributed by atoms with van der Waals surface area (Å²) in [6.45, 7) is 4.84. The summed E-state index contributed by atoms with van der Waals surface area (Å²) >= 11 is 0. The average molecular weight is 225 g/mol. The molecule has 3 rings (SSSR count). The van der Waals surface area contributed by atoms with E-state index < -0.39 is 0 Å². The van der Waals surface area contributed by atoms with E-state index in [4.69, 9.17) is 0 Å². The molecule has 3 nitrogen and oxygen atoms in total. The number of rotatable bonds is 0. The lowest BCUT2D eigenvalue weighted by Gasteiger charge is -1.97. The van der Waals surface area contributed by atoms with Crippen LogP contribution in [0.2, 0.25) is 0 Å². The van der Waals surface area contributed by atoms with Crippen molar-refractivity contribution in [3.8, 4) is 0 Å². The van der Waals surface area contributed by atoms with Gasteiger partial charge in [0.2, 0.25) is 0 Å². The standard InChI is InChI=1S/C14H15N3/c1-9-6-11-12-7-10(2)16-8-14(12)17(3)13(11)4-5-15-9/h4,6-8H,5H2,1-3H3. The molecule has 2 aromatic heterocycles. The summed E-state index contributed by atoms with van der Waals surface area (Å²) in [5, 5.41) is 3.78. The minimum Gasteiger partial charge on any atom is -0.343 e. The highest BCUT2D eigenvalue weighted by Crippen LogP contribution is 2.08. The lowest BCUT2D eigenvalue weighted by Crippen LogP contribution is -2.27. The third-order valence-corrected chi connectivity index (χ3v) is 3.29. The summed E-state index contributed by atoms with van der Waals surface area (Å²) in [6, 6.07) is 2.15. The van der Waals surface area contributed by atoms with Crippen LogP contribution < -0.4 is 10.6 Å². The number of pyridine rings is 1. The summed E-state index contributed by atoms with van der Waals surface area (Å²) in [5.41, 5.74) is 3.32. The zero-order valence-corrected chi connectivity index (χ0v) is 10.4. The van der Waals surface area contributed by atoms with Gasteiger partial charge in [0, 0.05) is 34.4 Å². The summed E-state index contributed by atoms with van der Waals surface area (Å²) in [7, 11) is 2.09. The van der Waals surface area contributed by atoms with Gasteiger partial charge in [0.15, 0.2) is 0 Å². The first kappa shape index (κ1) is 10.3. The number of hydrogen-bond acceptors (Lipinski definition) is 2. The van der Waals surface area contributed by atoms with Gasteiger partial charge in [-0.1, -0.05) is 0 Å². The number of fused-ring (bicyclic) bond motifs is 3. The lowest BCUT2D eigenvalue weighted by molar-refractivity contribution is 0.918. The van der Waals surface area contributed by atoms with Gasteiger partial charge in [0.1, 0.15) is 0 Å². The van der Waals surface area contributed by atoms with Gasteiger partial charge in [-0.05, 0) is 32.1 Å². The Morgan fingerprint density at radius 1 is 1.29 bits per heavy atom. The van der Waals surface area contributed by atoms with E-state index in [0.29, 0.717) is 0 Å². The average Bonchev–Trinajstić information content (AvgIpc) is 2.48. The van der Waals surface area contributed by atoms with Gasteiger partial charge in [0.25, 0.3) is 0 Å². The first-order chi connectivity index (χ1) is 8.16. The molecular weight excluding hydrogens is 210 g/mol. The van der Waals surface area contributed by atoms with Gasteiger partial charge in [-0.25, -0.2) is 0 Å². The number of aromatic nitrogens is 2. The second kappa shape index (κ2) is 3.55. The van der Waals surface area contributed by atoms with Crippen molar-refractivity contribution in [3.05, 3.63) is 28.5 Å². The fourth-order valence-corrected chi connectivity index (χ4v) is 2.41. The van der Waals surface area contributed by atoms with E-state index in [9.17, 15) is 0 Å². The van der Waals surface area contributed by atoms with Crippen LogP contribution in [0.3, 0.4) is 0 Å². The molecule has 0 spiro atoms. The van der Waals surface area contributed by atoms with Crippen molar-refractivity contribution in [3.63, 3.8) is 0 Å². The highest BCUT2D eigenvalue weighted by atomic mass is 14.9. The van der Waals surface area contributed by atoms with Crippen LogP contribution in [0.1, 0.15) is 12.6 Å². The van der Waals surface area contributed by atoms with Crippen molar-refractivity contribution in [2.75, 3.05) is 6.54 Å². The molecule has 1 aliphatic heterocycles. The molecule has 1 aliphatic rings. The largest absolute Gasteiger partial charge is 0.343 e. The third-order valence-electron chi connectivity index (χ3n) is 3.29. The summed E-state index contributed by atoms with van der Waals surface area (Å²) in [5.74, 6) is 0. The smallest absolute Gasteiger partial charge is 0.0675 e. The Hall–Kier alpha value is -1.90. The van der Waals surface area contributed by atoms with E-state index in [2.05, 4.69) is 46.7 Å². The van der Waals surface area contributed by atoms with Gasteiger partial charge in [0.05, 0.1) is 18.3 Å². The molecule has 0 fully saturated rings. The maximum Gasteiger partial charge on any atom is 0.0675 e. The monoisotopic (exact) mass is 225 g/mol. The van der Waals surface area contributed by atoms with Crippen LogP contribution in [-0.2, 0) is 7.05 Å². The molecule has 86 valence electrons. The van der Waals surface area contributed by atoms with Crippen molar-refractivity contribution in [1.29, 1.82) is 0 Å². The van der Waals surface area contributed by atoms with Crippen LogP contribution in [0.4, 0.5) is 0 Å². The minimum atomic E-state index is 0.756. The summed E-state index contributed by atoms with van der Waals surface area (Å²) in [6.07, 6.45) is 6.30. The van der Waals surface area contributed by atoms with Crippen molar-refractivity contribution in [2.45, 2.75) is 13.8 Å². The Kier molecular flexibility index (Phi) is 2.15. The second-order valence-corrected chi connectivity index (χ2v) is 4.53. The number of aryl methyl sites for hydroxylation is 2. The zero-order chi connectivity index (χ0) is 12.0. The Morgan fingerprint density at radius 2 is 2.12 bits per heavy atom. The normalized spacial score (nSPS) is 14.6. The molecular formula is C14H15N3. The maximum atomic E-state index is 4.46. The first-order valence-corrected chi connectivity index (χ1v) is 5.81. The van der Waals surface area contributed by atoms with Crippen molar-refractivity contribution in [1.82, 2.24) is 9.55 Å². The molecule has 0 bridgehead atoms. The van der Waals surface area contributed by atoms with E-state index >= 15 is 0 Å². The molecule has 0 N–H and O–H groups in total. The van der Waals surface area contributed by atoms with E-state index in [1.165, 1.54) is 21.5 Å². The summed E-state index contributed by atoms with van der Waals surface area (Å²) < 4.78 is 2.20. The van der Waals surface area contributed by atoms with Crippen LogP contribution in [-0.4, -0.2) is 21.8 Å². The molecule has 0 radical (unpaired) electrons. The first-order valence-electron chi connectivity index (χ1n) is 5.81. The molecule has 0 unspecified atom stereocenters. The zero-order valence-electron chi connectivity index (χ0n) is 10.4. The predicted octanol–water partition coefficient (Wildman–Crippen LogP) is 0.917. The van der Waals surface area contributed by atoms with Crippen LogP contribution in [0.25, 0.3) is 23.1 Å². The van der Waals surface area contributed by atoms with Crippen LogP contribution >= 0.6 is 0 Å². The molecule has 0 saturated heterocycles. The quantitative estimate of drug-likeness (QED) is 0.655. The fraction of sp³-hybridized carbons (Fsp3) is 0.286. The van der Waals surface area contributed by atoms with Crippen molar-refractivity contribution < 1.29 is 0 Å². The summed E-state index contributed by atoms with van der Waals surface area (Å²) in [4.78, 5) is 8.83. The molecule has 3 heteroatoms. The predicted molar refractivity (Wildman–Crippen MR) is 71.6 cm³/mol. The van der Waals surface area contributed by atoms with Crippen molar-refractivity contribution in [2.24, 2.45) is 12.0 Å². The van der Waals surface area contributed by atoms with E-state index in [0.717, 1.165) is 18.0 Å². The molecule has 17 heavy (non-hydrogen) atoms. The number of hydrogen-bond donors (Lipinski definition) is 0. The Balaban J connectivity index is 2.58. The van der Waals surface area contributed by atoms with Gasteiger partial charge < -0.3 is 4.57 Å². The Labute approximate surface area is 99.8 Å². The highest BCUT2D eigenvalue weighted by Gasteiger charge is 2.07. The second-order valence-electron chi connectivity index (χ2n) is 4.53. The fourth-order valence-electron chi connectivity index (χ4n) is 2.41. The number of nitrogens with zero attached hydrogens (tertiary/aromatic N) is 3. The van der Waals surface area contributed by atoms with E-state index in [1.54, 1.807) is 0 Å². The minimum absolute atomic E-state index is 0.756. The van der Waals surface area contributed by atoms with Gasteiger partial charge in [-0.2, -0.15) is 0 Å². The van der Waals surface area contributed by atoms with Gasteiger partial charge in [-0.3, -0.25) is 9.98 Å². The number of aliphatic imine (C=N–C) groups is 1. The topological polar surface area (TPSA) is 30.2 Å². The van der Waals surface area contributed by atoms with Crippen LogP contribution in [0, 0.1) is 6.92 Å². The lowest BCUT2D eigenvalue weighted by atomic mass is 10.2. The van der Waals surface area contributed by atoms with Crippen LogP contribution in [0.5, 0.6) is 0 Å². The maximum absolute atomic E-state index is 4.46. The van der Waals surface area contributed by atoms with E-state index in [-0.39, 0.29) is 0 Å². The van der Waals surface area contributed by atoms with Crippen LogP contribution in [0.15, 0.2) is 17.3 Å². The SMILES string of the molecule is CC1=NCC=c2c(c3cc(C)ncc3n2C)=C1. The molecule has 3 heterocycles. The molecule has 2 aromatic rings. The molecule has 0 aliphatic carbocycles. The van der Waals surface area contributed by atoms with E-state index in [1.807, 2.05) is 13.1 Å². The van der Waals surface area contributed by atoms with Gasteiger partial charge in [-0.15, -0.1) is 0 Å².